The van der Waals surface area contributed by atoms with E-state index in [0.29, 0.717) is 17.0 Å². The third-order valence-electron chi connectivity index (χ3n) is 3.10. The van der Waals surface area contributed by atoms with E-state index < -0.39 is 18.0 Å². The first-order chi connectivity index (χ1) is 10.9. The van der Waals surface area contributed by atoms with Gasteiger partial charge in [0.1, 0.15) is 12.8 Å². The van der Waals surface area contributed by atoms with Gasteiger partial charge in [0.2, 0.25) is 0 Å². The summed E-state index contributed by atoms with van der Waals surface area (Å²) in [5, 5.41) is 10.0. The third kappa shape index (κ3) is 3.71. The zero-order valence-electron chi connectivity index (χ0n) is 12.9. The second-order valence-corrected chi connectivity index (χ2v) is 4.76. The number of anilines is 1. The minimum Gasteiger partial charge on any atom is -0.399 e. The van der Waals surface area contributed by atoms with Crippen LogP contribution in [0.2, 0.25) is 0 Å². The van der Waals surface area contributed by atoms with Crippen molar-refractivity contribution in [2.24, 2.45) is 12.2 Å². The topological polar surface area (TPSA) is 68.5 Å². The van der Waals surface area contributed by atoms with Crippen LogP contribution in [0.4, 0.5) is 14.5 Å². The molecule has 1 aromatic heterocycles. The standard InChI is InChI=1S/C15H16F2N4O2/c1-9(20-23-3)10-6-4-5-7-12(10)18-15(22)11-8-21(2)19-13(11)14(16)17/h4-8,14H,1-3H3,(H,18,22)/b20-9+. The van der Waals surface area contributed by atoms with Crippen molar-refractivity contribution < 1.29 is 18.4 Å². The maximum Gasteiger partial charge on any atom is 0.282 e. The van der Waals surface area contributed by atoms with Gasteiger partial charge in [0.05, 0.1) is 17.0 Å². The highest BCUT2D eigenvalue weighted by Crippen LogP contribution is 2.23. The fourth-order valence-corrected chi connectivity index (χ4v) is 2.13. The van der Waals surface area contributed by atoms with Crippen molar-refractivity contribution in [2.45, 2.75) is 13.3 Å². The Morgan fingerprint density at radius 2 is 2.04 bits per heavy atom. The summed E-state index contributed by atoms with van der Waals surface area (Å²) in [7, 11) is 2.89. The molecule has 0 aliphatic rings. The number of benzene rings is 1. The van der Waals surface area contributed by atoms with Crippen molar-refractivity contribution >= 4 is 17.3 Å². The molecule has 0 spiro atoms. The molecule has 0 radical (unpaired) electrons. The molecular weight excluding hydrogens is 306 g/mol. The van der Waals surface area contributed by atoms with Crippen LogP contribution in [0.25, 0.3) is 0 Å². The number of carbonyl (C=O) groups is 1. The highest BCUT2D eigenvalue weighted by atomic mass is 19.3. The van der Waals surface area contributed by atoms with E-state index in [9.17, 15) is 13.6 Å². The number of aryl methyl sites for hydroxylation is 1. The van der Waals surface area contributed by atoms with E-state index in [1.54, 1.807) is 31.2 Å². The lowest BCUT2D eigenvalue weighted by atomic mass is 10.1. The number of hydrogen-bond donors (Lipinski definition) is 1. The second kappa shape index (κ2) is 6.99. The van der Waals surface area contributed by atoms with E-state index >= 15 is 0 Å². The van der Waals surface area contributed by atoms with Crippen molar-refractivity contribution in [3.8, 4) is 0 Å². The Morgan fingerprint density at radius 1 is 1.35 bits per heavy atom. The van der Waals surface area contributed by atoms with E-state index in [2.05, 4.69) is 15.6 Å². The van der Waals surface area contributed by atoms with Crippen molar-refractivity contribution in [3.05, 3.63) is 47.3 Å². The minimum atomic E-state index is -2.83. The molecule has 122 valence electrons. The van der Waals surface area contributed by atoms with Crippen LogP contribution in [-0.4, -0.2) is 28.5 Å². The number of aromatic nitrogens is 2. The number of nitrogens with zero attached hydrogens (tertiary/aromatic N) is 3. The van der Waals surface area contributed by atoms with Gasteiger partial charge in [-0.3, -0.25) is 9.48 Å². The molecule has 0 aliphatic carbocycles. The van der Waals surface area contributed by atoms with Gasteiger partial charge in [-0.1, -0.05) is 23.4 Å². The molecule has 2 aromatic rings. The SMILES string of the molecule is CO/N=C(\C)c1ccccc1NC(=O)c1cn(C)nc1C(F)F. The van der Waals surface area contributed by atoms with Crippen molar-refractivity contribution in [2.75, 3.05) is 12.4 Å². The Kier molecular flexibility index (Phi) is 5.05. The summed E-state index contributed by atoms with van der Waals surface area (Å²) in [5.41, 5.74) is 0.900. The van der Waals surface area contributed by atoms with Gasteiger partial charge < -0.3 is 10.2 Å². The average molecular weight is 322 g/mol. The Balaban J connectivity index is 2.33. The normalized spacial score (nSPS) is 11.7. The second-order valence-electron chi connectivity index (χ2n) is 4.76. The minimum absolute atomic E-state index is 0.168. The van der Waals surface area contributed by atoms with E-state index in [1.165, 1.54) is 25.0 Å². The first-order valence-electron chi connectivity index (χ1n) is 6.74. The number of halogens is 2. The zero-order chi connectivity index (χ0) is 17.0. The van der Waals surface area contributed by atoms with Crippen LogP contribution < -0.4 is 5.32 Å². The molecular formula is C15H16F2N4O2. The van der Waals surface area contributed by atoms with Gasteiger partial charge in [0.25, 0.3) is 12.3 Å². The third-order valence-corrected chi connectivity index (χ3v) is 3.10. The van der Waals surface area contributed by atoms with Gasteiger partial charge in [-0.2, -0.15) is 5.10 Å². The molecule has 0 atom stereocenters. The Labute approximate surface area is 131 Å². The zero-order valence-corrected chi connectivity index (χ0v) is 12.9. The molecule has 0 unspecified atom stereocenters. The number of amides is 1. The van der Waals surface area contributed by atoms with Gasteiger partial charge in [0.15, 0.2) is 0 Å². The van der Waals surface area contributed by atoms with Crippen molar-refractivity contribution in [1.29, 1.82) is 0 Å². The summed E-state index contributed by atoms with van der Waals surface area (Å²) in [6.07, 6.45) is -1.57. The molecule has 0 fully saturated rings. The quantitative estimate of drug-likeness (QED) is 0.680. The van der Waals surface area contributed by atoms with Crippen molar-refractivity contribution in [3.63, 3.8) is 0 Å². The maximum atomic E-state index is 13.0. The lowest BCUT2D eigenvalue weighted by Gasteiger charge is -2.10. The average Bonchev–Trinajstić information content (AvgIpc) is 2.90. The highest BCUT2D eigenvalue weighted by Gasteiger charge is 2.23. The van der Waals surface area contributed by atoms with E-state index in [-0.39, 0.29) is 5.56 Å². The molecule has 6 nitrogen and oxygen atoms in total. The summed E-state index contributed by atoms with van der Waals surface area (Å²) in [6.45, 7) is 1.71. The van der Waals surface area contributed by atoms with Crippen LogP contribution in [-0.2, 0) is 11.9 Å². The molecule has 1 aromatic carbocycles. The molecule has 1 N–H and O–H groups in total. The lowest BCUT2D eigenvalue weighted by Crippen LogP contribution is -2.15. The number of carbonyl (C=O) groups excluding carboxylic acids is 1. The smallest absolute Gasteiger partial charge is 0.282 e. The number of hydrogen-bond acceptors (Lipinski definition) is 4. The van der Waals surface area contributed by atoms with Crippen LogP contribution in [0.1, 0.15) is 35.0 Å². The maximum absolute atomic E-state index is 13.0. The molecule has 0 saturated carbocycles. The molecule has 2 rings (SSSR count). The summed E-state index contributed by atoms with van der Waals surface area (Å²) in [5.74, 6) is -0.661. The number of oxime groups is 1. The number of para-hydroxylation sites is 1. The molecule has 23 heavy (non-hydrogen) atoms. The van der Waals surface area contributed by atoms with Gasteiger partial charge in [0, 0.05) is 18.8 Å². The van der Waals surface area contributed by atoms with Crippen LogP contribution in [0.5, 0.6) is 0 Å². The van der Waals surface area contributed by atoms with Crippen LogP contribution in [0.3, 0.4) is 0 Å². The largest absolute Gasteiger partial charge is 0.399 e. The van der Waals surface area contributed by atoms with Crippen LogP contribution in [0, 0.1) is 0 Å². The fraction of sp³-hybridized carbons (Fsp3) is 0.267. The predicted octanol–water partition coefficient (Wildman–Crippen LogP) is 2.98. The number of alkyl halides is 2. The molecule has 1 amide bonds. The van der Waals surface area contributed by atoms with Crippen molar-refractivity contribution in [1.82, 2.24) is 9.78 Å². The predicted molar refractivity (Wildman–Crippen MR) is 81.8 cm³/mol. The molecule has 0 bridgehead atoms. The first-order valence-corrected chi connectivity index (χ1v) is 6.74. The summed E-state index contributed by atoms with van der Waals surface area (Å²) in [6, 6.07) is 6.88. The summed E-state index contributed by atoms with van der Waals surface area (Å²) >= 11 is 0. The molecule has 8 heteroatoms. The summed E-state index contributed by atoms with van der Waals surface area (Å²) in [4.78, 5) is 17.0. The number of nitrogens with one attached hydrogen (secondary N) is 1. The Bertz CT molecular complexity index is 741. The first kappa shape index (κ1) is 16.6. The summed E-state index contributed by atoms with van der Waals surface area (Å²) < 4.78 is 27.1. The van der Waals surface area contributed by atoms with E-state index in [4.69, 9.17) is 4.84 Å². The monoisotopic (exact) mass is 322 g/mol. The lowest BCUT2D eigenvalue weighted by molar-refractivity contribution is 0.101. The number of rotatable bonds is 5. The van der Waals surface area contributed by atoms with Gasteiger partial charge in [-0.15, -0.1) is 0 Å². The van der Waals surface area contributed by atoms with E-state index in [0.717, 1.165) is 0 Å². The van der Waals surface area contributed by atoms with Crippen LogP contribution in [0.15, 0.2) is 35.6 Å². The Hall–Kier alpha value is -2.77. The van der Waals surface area contributed by atoms with Crippen LogP contribution >= 0.6 is 0 Å². The van der Waals surface area contributed by atoms with Gasteiger partial charge in [-0.25, -0.2) is 8.78 Å². The Morgan fingerprint density at radius 3 is 2.70 bits per heavy atom. The van der Waals surface area contributed by atoms with E-state index in [1.807, 2.05) is 0 Å². The van der Waals surface area contributed by atoms with Gasteiger partial charge >= 0.3 is 0 Å². The highest BCUT2D eigenvalue weighted by molar-refractivity contribution is 6.10. The molecule has 0 aliphatic heterocycles. The molecule has 0 saturated heterocycles. The fourth-order valence-electron chi connectivity index (χ4n) is 2.13. The molecule has 1 heterocycles. The van der Waals surface area contributed by atoms with Gasteiger partial charge in [-0.05, 0) is 13.0 Å².